The summed E-state index contributed by atoms with van der Waals surface area (Å²) in [5, 5.41) is 21.7. The molecule has 6 N–H and O–H groups in total. The molecule has 170 valence electrons. The van der Waals surface area contributed by atoms with Gasteiger partial charge in [-0.25, -0.2) is 0 Å². The van der Waals surface area contributed by atoms with Gasteiger partial charge in [0.15, 0.2) is 5.96 Å². The fourth-order valence-corrected chi connectivity index (χ4v) is 3.75. The molecule has 7 nitrogen and oxygen atoms in total. The lowest BCUT2D eigenvalue weighted by atomic mass is 9.54. The summed E-state index contributed by atoms with van der Waals surface area (Å²) in [7, 11) is 0. The molecule has 0 aromatic rings. The zero-order valence-corrected chi connectivity index (χ0v) is 20.1. The van der Waals surface area contributed by atoms with Crippen molar-refractivity contribution in [3.8, 4) is 0 Å². The fraction of sp³-hybridized carbons (Fsp3) is 0.864. The molecule has 0 heterocycles. The summed E-state index contributed by atoms with van der Waals surface area (Å²) in [5.41, 5.74) is 4.12. The molecule has 2 unspecified atom stereocenters. The first kappa shape index (κ1) is 27.4. The minimum atomic E-state index is -0.497. The van der Waals surface area contributed by atoms with E-state index in [1.807, 2.05) is 34.6 Å². The predicted octanol–water partition coefficient (Wildman–Crippen LogP) is 3.22. The molecule has 0 spiro atoms. The second-order valence-corrected chi connectivity index (χ2v) is 11.6. The van der Waals surface area contributed by atoms with Crippen LogP contribution in [0, 0.1) is 38.9 Å². The molecule has 2 amide bonds. The zero-order chi connectivity index (χ0) is 23.4. The largest absolute Gasteiger partial charge is 0.377 e. The third-order valence-electron chi connectivity index (χ3n) is 6.34. The second kappa shape index (κ2) is 9.45. The van der Waals surface area contributed by atoms with E-state index in [-0.39, 0.29) is 34.5 Å². The molecule has 0 saturated carbocycles. The molecular weight excluding hydrogens is 368 g/mol. The maximum atomic E-state index is 13.0. The summed E-state index contributed by atoms with van der Waals surface area (Å²) < 4.78 is 0. The molecule has 0 fully saturated rings. The van der Waals surface area contributed by atoms with E-state index in [1.165, 1.54) is 0 Å². The van der Waals surface area contributed by atoms with E-state index in [0.717, 1.165) is 0 Å². The third-order valence-corrected chi connectivity index (χ3v) is 6.34. The van der Waals surface area contributed by atoms with Gasteiger partial charge in [-0.05, 0) is 34.5 Å². The van der Waals surface area contributed by atoms with Crippen molar-refractivity contribution in [2.45, 2.75) is 82.1 Å². The Morgan fingerprint density at radius 3 is 1.72 bits per heavy atom. The van der Waals surface area contributed by atoms with E-state index in [4.69, 9.17) is 16.2 Å². The summed E-state index contributed by atoms with van der Waals surface area (Å²) in [6, 6.07) is 0. The highest BCUT2D eigenvalue weighted by atomic mass is 16.3. The van der Waals surface area contributed by atoms with Gasteiger partial charge in [0.1, 0.15) is 6.73 Å². The SMILES string of the molecule is CC(C)(C)CC(C(=O)NC(=N)N)C(C)(C)C(C)(C)CC(C(=O)NCO)C(C)(C)C. The van der Waals surface area contributed by atoms with Crippen LogP contribution in [-0.4, -0.2) is 29.6 Å². The Balaban J connectivity index is 6.08. The highest BCUT2D eigenvalue weighted by molar-refractivity contribution is 5.96. The number of carbonyl (C=O) groups excluding carboxylic acids is 2. The fourth-order valence-electron chi connectivity index (χ4n) is 3.75. The first-order chi connectivity index (χ1) is 12.8. The van der Waals surface area contributed by atoms with Crippen LogP contribution in [0.4, 0.5) is 0 Å². The molecular formula is C22H44N4O3. The summed E-state index contributed by atoms with van der Waals surface area (Å²) in [6.07, 6.45) is 1.16. The highest BCUT2D eigenvalue weighted by Gasteiger charge is 2.50. The summed E-state index contributed by atoms with van der Waals surface area (Å²) in [5.74, 6) is -1.56. The molecule has 0 aromatic carbocycles. The van der Waals surface area contributed by atoms with Crippen LogP contribution in [0.1, 0.15) is 82.1 Å². The molecule has 0 saturated heterocycles. The second-order valence-electron chi connectivity index (χ2n) is 11.6. The first-order valence-corrected chi connectivity index (χ1v) is 10.3. The van der Waals surface area contributed by atoms with Gasteiger partial charge in [0.05, 0.1) is 0 Å². The number of aliphatic hydroxyl groups excluding tert-OH is 1. The van der Waals surface area contributed by atoms with Crippen molar-refractivity contribution in [1.82, 2.24) is 10.6 Å². The van der Waals surface area contributed by atoms with E-state index in [9.17, 15) is 9.59 Å². The monoisotopic (exact) mass is 412 g/mol. The number of guanidine groups is 1. The third kappa shape index (κ3) is 7.96. The Bertz CT molecular complexity index is 598. The van der Waals surface area contributed by atoms with Crippen LogP contribution >= 0.6 is 0 Å². The average Bonchev–Trinajstić information content (AvgIpc) is 2.47. The van der Waals surface area contributed by atoms with Gasteiger partial charge in [-0.15, -0.1) is 0 Å². The number of amides is 2. The number of carbonyl (C=O) groups is 2. The molecule has 0 rings (SSSR count). The molecule has 0 aliphatic carbocycles. The minimum absolute atomic E-state index is 0.107. The summed E-state index contributed by atoms with van der Waals surface area (Å²) >= 11 is 0. The number of hydrogen-bond acceptors (Lipinski definition) is 4. The van der Waals surface area contributed by atoms with Crippen LogP contribution in [0.2, 0.25) is 0 Å². The van der Waals surface area contributed by atoms with Gasteiger partial charge >= 0.3 is 0 Å². The lowest BCUT2D eigenvalue weighted by Crippen LogP contribution is -2.52. The average molecular weight is 413 g/mol. The van der Waals surface area contributed by atoms with E-state index in [0.29, 0.717) is 12.8 Å². The van der Waals surface area contributed by atoms with Crippen LogP contribution in [0.5, 0.6) is 0 Å². The topological polar surface area (TPSA) is 128 Å². The Labute approximate surface area is 177 Å². The van der Waals surface area contributed by atoms with E-state index in [1.54, 1.807) is 0 Å². The molecule has 2 atom stereocenters. The van der Waals surface area contributed by atoms with Crippen molar-refractivity contribution in [1.29, 1.82) is 5.41 Å². The molecule has 0 radical (unpaired) electrons. The molecule has 0 bridgehead atoms. The van der Waals surface area contributed by atoms with Gasteiger partial charge in [0.2, 0.25) is 11.8 Å². The highest BCUT2D eigenvalue weighted by Crippen LogP contribution is 2.53. The van der Waals surface area contributed by atoms with Gasteiger partial charge in [-0.2, -0.15) is 0 Å². The molecule has 7 heteroatoms. The van der Waals surface area contributed by atoms with Crippen molar-refractivity contribution < 1.29 is 14.7 Å². The quantitative estimate of drug-likeness (QED) is 0.238. The normalized spacial score (nSPS) is 15.4. The molecule has 0 aliphatic rings. The van der Waals surface area contributed by atoms with Gasteiger partial charge in [0.25, 0.3) is 0 Å². The number of aliphatic hydroxyl groups is 1. The Morgan fingerprint density at radius 2 is 1.38 bits per heavy atom. The van der Waals surface area contributed by atoms with E-state index < -0.39 is 23.5 Å². The molecule has 0 aromatic heterocycles. The Morgan fingerprint density at radius 1 is 0.897 bits per heavy atom. The van der Waals surface area contributed by atoms with Crippen molar-refractivity contribution in [3.05, 3.63) is 0 Å². The number of nitrogens with one attached hydrogen (secondary N) is 3. The van der Waals surface area contributed by atoms with Crippen LogP contribution in [0.15, 0.2) is 0 Å². The van der Waals surface area contributed by atoms with Crippen molar-refractivity contribution in [2.75, 3.05) is 6.73 Å². The molecule has 0 aliphatic heterocycles. The lowest BCUT2D eigenvalue weighted by molar-refractivity contribution is -0.137. The smallest absolute Gasteiger partial charge is 0.230 e. The van der Waals surface area contributed by atoms with Gasteiger partial charge < -0.3 is 16.2 Å². The predicted molar refractivity (Wildman–Crippen MR) is 118 cm³/mol. The lowest BCUT2D eigenvalue weighted by Gasteiger charge is -2.50. The van der Waals surface area contributed by atoms with Crippen LogP contribution in [-0.2, 0) is 9.59 Å². The van der Waals surface area contributed by atoms with Crippen molar-refractivity contribution >= 4 is 17.8 Å². The van der Waals surface area contributed by atoms with Crippen molar-refractivity contribution in [2.24, 2.45) is 39.2 Å². The van der Waals surface area contributed by atoms with Gasteiger partial charge in [0, 0.05) is 11.8 Å². The summed E-state index contributed by atoms with van der Waals surface area (Å²) in [6.45, 7) is 20.1. The van der Waals surface area contributed by atoms with Crippen molar-refractivity contribution in [3.63, 3.8) is 0 Å². The van der Waals surface area contributed by atoms with E-state index in [2.05, 4.69) is 45.3 Å². The zero-order valence-electron chi connectivity index (χ0n) is 20.1. The maximum Gasteiger partial charge on any atom is 0.230 e. The first-order valence-electron chi connectivity index (χ1n) is 10.3. The number of rotatable bonds is 8. The number of nitrogens with two attached hydrogens (primary N) is 1. The van der Waals surface area contributed by atoms with Crippen LogP contribution in [0.3, 0.4) is 0 Å². The summed E-state index contributed by atoms with van der Waals surface area (Å²) in [4.78, 5) is 25.7. The van der Waals surface area contributed by atoms with E-state index >= 15 is 0 Å². The van der Waals surface area contributed by atoms with Crippen LogP contribution < -0.4 is 16.4 Å². The molecule has 29 heavy (non-hydrogen) atoms. The Hall–Kier alpha value is -1.63. The van der Waals surface area contributed by atoms with Gasteiger partial charge in [-0.3, -0.25) is 20.3 Å². The minimum Gasteiger partial charge on any atom is -0.377 e. The maximum absolute atomic E-state index is 13.0. The Kier molecular flexibility index (Phi) is 8.92. The van der Waals surface area contributed by atoms with Crippen LogP contribution in [0.25, 0.3) is 0 Å². The van der Waals surface area contributed by atoms with Gasteiger partial charge in [-0.1, -0.05) is 69.2 Å². The standard InChI is InChI=1S/C22H44N4O3/c1-19(2,3)11-15(17(29)26-18(23)24)22(9,10)21(7,8)12-14(20(4,5)6)16(28)25-13-27/h14-15,27H,11-13H2,1-10H3,(H,25,28)(H4,23,24,26,29). The number of hydrogen-bond donors (Lipinski definition) is 5.